The Bertz CT molecular complexity index is 711. The number of carbonyl (C=O) groups excluding carboxylic acids is 3. The van der Waals surface area contributed by atoms with Gasteiger partial charge in [0.1, 0.15) is 0 Å². The van der Waals surface area contributed by atoms with Crippen LogP contribution < -0.4 is 5.32 Å². The van der Waals surface area contributed by atoms with E-state index in [0.29, 0.717) is 32.8 Å². The van der Waals surface area contributed by atoms with Gasteiger partial charge in [0.2, 0.25) is 11.8 Å². The van der Waals surface area contributed by atoms with Gasteiger partial charge >= 0.3 is 6.09 Å². The number of hydrogen-bond acceptors (Lipinski definition) is 4. The van der Waals surface area contributed by atoms with E-state index < -0.39 is 0 Å². The largest absolute Gasteiger partial charge is 0.450 e. The third-order valence-corrected chi connectivity index (χ3v) is 5.55. The Balaban J connectivity index is 1.47. The minimum atomic E-state index is -0.305. The molecule has 0 aliphatic carbocycles. The van der Waals surface area contributed by atoms with E-state index in [1.54, 1.807) is 11.8 Å². The van der Waals surface area contributed by atoms with Crippen molar-refractivity contribution in [2.24, 2.45) is 5.92 Å². The molecule has 1 N–H and O–H groups in total. The molecule has 1 aromatic carbocycles. The third kappa shape index (κ3) is 4.82. The molecule has 28 heavy (non-hydrogen) atoms. The SMILES string of the molecule is CCOC(=O)N1CCC(N2CC(C(=O)NCc3ccc(C)cc3)CC2=O)CC1. The topological polar surface area (TPSA) is 79.0 Å². The van der Waals surface area contributed by atoms with Crippen molar-refractivity contribution in [1.82, 2.24) is 15.1 Å². The van der Waals surface area contributed by atoms with E-state index in [-0.39, 0.29) is 36.3 Å². The molecule has 2 aliphatic heterocycles. The lowest BCUT2D eigenvalue weighted by molar-refractivity contribution is -0.131. The van der Waals surface area contributed by atoms with Gasteiger partial charge in [0.15, 0.2) is 0 Å². The zero-order valence-electron chi connectivity index (χ0n) is 16.6. The molecule has 7 nitrogen and oxygen atoms in total. The smallest absolute Gasteiger partial charge is 0.409 e. The molecule has 3 rings (SSSR count). The van der Waals surface area contributed by atoms with Crippen molar-refractivity contribution in [2.45, 2.75) is 45.7 Å². The number of rotatable bonds is 5. The highest BCUT2D eigenvalue weighted by Gasteiger charge is 2.39. The summed E-state index contributed by atoms with van der Waals surface area (Å²) in [7, 11) is 0. The highest BCUT2D eigenvalue weighted by atomic mass is 16.6. The first-order valence-electron chi connectivity index (χ1n) is 10.0. The fraction of sp³-hybridized carbons (Fsp3) is 0.571. The maximum absolute atomic E-state index is 12.5. The molecular weight excluding hydrogens is 358 g/mol. The molecule has 1 aromatic rings. The maximum atomic E-state index is 12.5. The lowest BCUT2D eigenvalue weighted by atomic mass is 10.0. The first kappa shape index (κ1) is 20.2. The van der Waals surface area contributed by atoms with Crippen molar-refractivity contribution >= 4 is 17.9 Å². The first-order chi connectivity index (χ1) is 13.5. The number of piperidine rings is 1. The van der Waals surface area contributed by atoms with Crippen LogP contribution in [0.3, 0.4) is 0 Å². The van der Waals surface area contributed by atoms with Crippen molar-refractivity contribution in [1.29, 1.82) is 0 Å². The van der Waals surface area contributed by atoms with Crippen LogP contribution in [0.5, 0.6) is 0 Å². The monoisotopic (exact) mass is 387 g/mol. The van der Waals surface area contributed by atoms with Crippen LogP contribution in [0, 0.1) is 12.8 Å². The molecule has 2 saturated heterocycles. The van der Waals surface area contributed by atoms with Crippen molar-refractivity contribution in [3.63, 3.8) is 0 Å². The van der Waals surface area contributed by atoms with Gasteiger partial charge in [0.05, 0.1) is 12.5 Å². The van der Waals surface area contributed by atoms with Crippen molar-refractivity contribution < 1.29 is 19.1 Å². The fourth-order valence-corrected chi connectivity index (χ4v) is 3.87. The number of nitrogens with one attached hydrogen (secondary N) is 1. The van der Waals surface area contributed by atoms with Crippen LogP contribution in [0.4, 0.5) is 4.79 Å². The normalized spacial score (nSPS) is 20.4. The van der Waals surface area contributed by atoms with E-state index >= 15 is 0 Å². The summed E-state index contributed by atoms with van der Waals surface area (Å²) in [5.41, 5.74) is 2.23. The Morgan fingerprint density at radius 2 is 1.86 bits per heavy atom. The van der Waals surface area contributed by atoms with E-state index in [4.69, 9.17) is 4.74 Å². The van der Waals surface area contributed by atoms with E-state index in [1.165, 1.54) is 5.56 Å². The minimum Gasteiger partial charge on any atom is -0.450 e. The zero-order chi connectivity index (χ0) is 20.1. The average molecular weight is 387 g/mol. The Morgan fingerprint density at radius 1 is 1.18 bits per heavy atom. The second-order valence-electron chi connectivity index (χ2n) is 7.57. The number of carbonyl (C=O) groups is 3. The number of aryl methyl sites for hydroxylation is 1. The Hall–Kier alpha value is -2.57. The molecule has 0 aromatic heterocycles. The highest BCUT2D eigenvalue weighted by Crippen LogP contribution is 2.26. The van der Waals surface area contributed by atoms with Gasteiger partial charge < -0.3 is 19.9 Å². The van der Waals surface area contributed by atoms with E-state index in [2.05, 4.69) is 5.32 Å². The molecule has 0 radical (unpaired) electrons. The van der Waals surface area contributed by atoms with Gasteiger partial charge in [-0.1, -0.05) is 29.8 Å². The third-order valence-electron chi connectivity index (χ3n) is 5.55. The number of ether oxygens (including phenoxy) is 1. The van der Waals surface area contributed by atoms with Gasteiger partial charge in [-0.2, -0.15) is 0 Å². The Kier molecular flexibility index (Phi) is 6.54. The summed E-state index contributed by atoms with van der Waals surface area (Å²) < 4.78 is 5.04. The lowest BCUT2D eigenvalue weighted by Crippen LogP contribution is -2.47. The van der Waals surface area contributed by atoms with E-state index in [0.717, 1.165) is 18.4 Å². The van der Waals surface area contributed by atoms with Crippen LogP contribution in [-0.2, 0) is 20.9 Å². The number of likely N-dealkylation sites (tertiary alicyclic amines) is 2. The standard InChI is InChI=1S/C21H29N3O4/c1-3-28-21(27)23-10-8-18(9-11-23)24-14-17(12-19(24)25)20(26)22-13-16-6-4-15(2)5-7-16/h4-7,17-18H,3,8-14H2,1-2H3,(H,22,26). The van der Waals surface area contributed by atoms with Gasteiger partial charge in [-0.25, -0.2) is 4.79 Å². The lowest BCUT2D eigenvalue weighted by Gasteiger charge is -2.36. The molecular formula is C21H29N3O4. The Morgan fingerprint density at radius 3 is 2.50 bits per heavy atom. The van der Waals surface area contributed by atoms with E-state index in [9.17, 15) is 14.4 Å². The minimum absolute atomic E-state index is 0.0325. The summed E-state index contributed by atoms with van der Waals surface area (Å²) in [5, 5.41) is 2.95. The predicted molar refractivity (Wildman–Crippen MR) is 104 cm³/mol. The van der Waals surface area contributed by atoms with Crippen LogP contribution >= 0.6 is 0 Å². The van der Waals surface area contributed by atoms with Gasteiger partial charge in [-0.15, -0.1) is 0 Å². The van der Waals surface area contributed by atoms with Crippen LogP contribution in [-0.4, -0.2) is 60.0 Å². The van der Waals surface area contributed by atoms with Crippen LogP contribution in [0.15, 0.2) is 24.3 Å². The second-order valence-corrected chi connectivity index (χ2v) is 7.57. The number of amides is 3. The van der Waals surface area contributed by atoms with Gasteiger partial charge in [-0.3, -0.25) is 9.59 Å². The molecule has 3 amide bonds. The summed E-state index contributed by atoms with van der Waals surface area (Å²) in [5.74, 6) is -0.341. The van der Waals surface area contributed by atoms with Crippen molar-refractivity contribution in [3.05, 3.63) is 35.4 Å². The molecule has 2 aliphatic rings. The molecule has 2 fully saturated rings. The van der Waals surface area contributed by atoms with Gasteiger partial charge in [0, 0.05) is 38.6 Å². The number of nitrogens with zero attached hydrogens (tertiary/aromatic N) is 2. The zero-order valence-corrected chi connectivity index (χ0v) is 16.6. The van der Waals surface area contributed by atoms with Crippen molar-refractivity contribution in [2.75, 3.05) is 26.2 Å². The molecule has 152 valence electrons. The second kappa shape index (κ2) is 9.08. The summed E-state index contributed by atoms with van der Waals surface area (Å²) in [6.07, 6.45) is 1.42. The van der Waals surface area contributed by atoms with Crippen LogP contribution in [0.1, 0.15) is 37.3 Å². The Labute approximate surface area is 166 Å². The predicted octanol–water partition coefficient (Wildman–Crippen LogP) is 2.08. The molecule has 0 bridgehead atoms. The fourth-order valence-electron chi connectivity index (χ4n) is 3.87. The summed E-state index contributed by atoms with van der Waals surface area (Å²) >= 11 is 0. The number of hydrogen-bond donors (Lipinski definition) is 1. The van der Waals surface area contributed by atoms with Crippen LogP contribution in [0.2, 0.25) is 0 Å². The summed E-state index contributed by atoms with van der Waals surface area (Å²) in [4.78, 5) is 40.3. The average Bonchev–Trinajstić information content (AvgIpc) is 3.09. The molecule has 1 atom stereocenters. The van der Waals surface area contributed by atoms with Gasteiger partial charge in [-0.05, 0) is 32.3 Å². The summed E-state index contributed by atoms with van der Waals surface area (Å²) in [6.45, 7) is 6.28. The van der Waals surface area contributed by atoms with Gasteiger partial charge in [0.25, 0.3) is 0 Å². The summed E-state index contributed by atoms with van der Waals surface area (Å²) in [6, 6.07) is 8.13. The number of benzene rings is 1. The molecule has 0 spiro atoms. The molecule has 0 saturated carbocycles. The highest BCUT2D eigenvalue weighted by molar-refractivity contribution is 5.89. The maximum Gasteiger partial charge on any atom is 0.409 e. The quantitative estimate of drug-likeness (QED) is 0.839. The van der Waals surface area contributed by atoms with E-state index in [1.807, 2.05) is 36.1 Å². The van der Waals surface area contributed by atoms with Crippen LogP contribution in [0.25, 0.3) is 0 Å². The molecule has 1 unspecified atom stereocenters. The van der Waals surface area contributed by atoms with Crippen molar-refractivity contribution in [3.8, 4) is 0 Å². The first-order valence-corrected chi connectivity index (χ1v) is 10.0. The molecule has 7 heteroatoms. The molecule has 2 heterocycles.